The molecule has 1 aromatic heterocycles. The molecule has 1 unspecified atom stereocenters. The number of rotatable bonds is 5. The summed E-state index contributed by atoms with van der Waals surface area (Å²) in [6.45, 7) is 0.719. The molecule has 1 atom stereocenters. The summed E-state index contributed by atoms with van der Waals surface area (Å²) in [7, 11) is 0. The topological polar surface area (TPSA) is 85.3 Å². The Balaban J connectivity index is 0.00000240. The average molecular weight is 413 g/mol. The minimum absolute atomic E-state index is 0. The van der Waals surface area contributed by atoms with Gasteiger partial charge in [0.25, 0.3) is 0 Å². The van der Waals surface area contributed by atoms with Crippen LogP contribution in [-0.4, -0.2) is 27.5 Å². The number of likely N-dealkylation sites (tertiary alicyclic amines) is 1. The molecule has 1 fully saturated rings. The van der Waals surface area contributed by atoms with Crippen LogP contribution in [0.5, 0.6) is 0 Å². The Kier molecular flexibility index (Phi) is 6.88. The fourth-order valence-electron chi connectivity index (χ4n) is 3.71. The largest absolute Gasteiger partial charge is 0.399 e. The third kappa shape index (κ3) is 4.77. The number of carbonyl (C=O) groups is 1. The van der Waals surface area contributed by atoms with Crippen LogP contribution >= 0.6 is 12.4 Å². The van der Waals surface area contributed by atoms with Crippen molar-refractivity contribution in [3.63, 3.8) is 0 Å². The van der Waals surface area contributed by atoms with E-state index >= 15 is 0 Å². The van der Waals surface area contributed by atoms with Gasteiger partial charge >= 0.3 is 0 Å². The van der Waals surface area contributed by atoms with E-state index in [4.69, 9.17) is 10.3 Å². The van der Waals surface area contributed by atoms with Crippen LogP contribution in [0.15, 0.2) is 59.1 Å². The molecule has 1 aliphatic heterocycles. The number of aromatic nitrogens is 2. The first kappa shape index (κ1) is 20.9. The van der Waals surface area contributed by atoms with Gasteiger partial charge in [-0.25, -0.2) is 0 Å². The fraction of sp³-hybridized carbons (Fsp3) is 0.318. The fourth-order valence-corrected chi connectivity index (χ4v) is 3.71. The van der Waals surface area contributed by atoms with E-state index in [2.05, 4.69) is 10.1 Å². The van der Waals surface area contributed by atoms with Gasteiger partial charge in [-0.1, -0.05) is 53.7 Å². The standard InChI is InChI=1S/C22H24N4O2.ClH/c23-18-11-5-4-8-16(18)13-14-20(27)26-15-7-6-12-19(26)22-24-21(25-28-22)17-9-2-1-3-10-17;/h1-5,8-11,19H,6-7,12-15,23H2;1H. The Hall–Kier alpha value is -2.86. The summed E-state index contributed by atoms with van der Waals surface area (Å²) in [5.41, 5.74) is 8.65. The molecule has 6 nitrogen and oxygen atoms in total. The first-order valence-electron chi connectivity index (χ1n) is 9.74. The molecule has 7 heteroatoms. The molecule has 0 aliphatic carbocycles. The number of nitrogen functional groups attached to an aromatic ring is 1. The summed E-state index contributed by atoms with van der Waals surface area (Å²) < 4.78 is 5.55. The SMILES string of the molecule is Cl.Nc1ccccc1CCC(=O)N1CCCCC1c1nc(-c2ccccc2)no1. The number of benzene rings is 2. The van der Waals surface area contributed by atoms with Crippen molar-refractivity contribution in [1.29, 1.82) is 0 Å². The van der Waals surface area contributed by atoms with Crippen LogP contribution < -0.4 is 5.73 Å². The van der Waals surface area contributed by atoms with E-state index in [0.29, 0.717) is 24.6 Å². The molecule has 1 saturated heterocycles. The van der Waals surface area contributed by atoms with Crippen LogP contribution in [0.1, 0.15) is 43.2 Å². The lowest BCUT2D eigenvalue weighted by Gasteiger charge is -2.33. The van der Waals surface area contributed by atoms with Gasteiger partial charge in [0.05, 0.1) is 0 Å². The van der Waals surface area contributed by atoms with E-state index < -0.39 is 0 Å². The smallest absolute Gasteiger partial charge is 0.249 e. The number of carbonyl (C=O) groups excluding carboxylic acids is 1. The van der Waals surface area contributed by atoms with E-state index in [0.717, 1.165) is 42.6 Å². The summed E-state index contributed by atoms with van der Waals surface area (Å²) in [5, 5.41) is 4.12. The minimum Gasteiger partial charge on any atom is -0.399 e. The maximum atomic E-state index is 12.9. The molecule has 2 N–H and O–H groups in total. The van der Waals surface area contributed by atoms with Crippen LogP contribution in [-0.2, 0) is 11.2 Å². The summed E-state index contributed by atoms with van der Waals surface area (Å²) in [6, 6.07) is 17.3. The highest BCUT2D eigenvalue weighted by Gasteiger charge is 2.32. The molecule has 0 spiro atoms. The molecule has 1 aliphatic rings. The second-order valence-corrected chi connectivity index (χ2v) is 7.12. The Morgan fingerprint density at radius 1 is 1.10 bits per heavy atom. The number of hydrogen-bond acceptors (Lipinski definition) is 5. The molecule has 2 heterocycles. The molecule has 152 valence electrons. The summed E-state index contributed by atoms with van der Waals surface area (Å²) in [6.07, 6.45) is 3.94. The monoisotopic (exact) mass is 412 g/mol. The Morgan fingerprint density at radius 3 is 2.66 bits per heavy atom. The maximum Gasteiger partial charge on any atom is 0.249 e. The van der Waals surface area contributed by atoms with Gasteiger partial charge in [0.2, 0.25) is 17.6 Å². The number of hydrogen-bond donors (Lipinski definition) is 1. The zero-order valence-electron chi connectivity index (χ0n) is 16.2. The number of aryl methyl sites for hydroxylation is 1. The first-order valence-corrected chi connectivity index (χ1v) is 9.74. The van der Waals surface area contributed by atoms with Gasteiger partial charge in [-0.05, 0) is 37.3 Å². The molecular weight excluding hydrogens is 388 g/mol. The predicted octanol–water partition coefficient (Wildman–Crippen LogP) is 4.43. The number of para-hydroxylation sites is 1. The second-order valence-electron chi connectivity index (χ2n) is 7.12. The maximum absolute atomic E-state index is 12.9. The van der Waals surface area contributed by atoms with Crippen LogP contribution in [0.25, 0.3) is 11.4 Å². The van der Waals surface area contributed by atoms with E-state index in [1.54, 1.807) is 0 Å². The molecule has 0 bridgehead atoms. The highest BCUT2D eigenvalue weighted by Crippen LogP contribution is 2.32. The number of halogens is 1. The summed E-state index contributed by atoms with van der Waals surface area (Å²) >= 11 is 0. The average Bonchev–Trinajstić information content (AvgIpc) is 3.24. The highest BCUT2D eigenvalue weighted by atomic mass is 35.5. The van der Waals surface area contributed by atoms with Crippen molar-refractivity contribution in [2.75, 3.05) is 12.3 Å². The van der Waals surface area contributed by atoms with Crippen LogP contribution in [0, 0.1) is 0 Å². The normalized spacial score (nSPS) is 16.3. The number of nitrogens with zero attached hydrogens (tertiary/aromatic N) is 3. The molecule has 0 saturated carbocycles. The lowest BCUT2D eigenvalue weighted by Crippen LogP contribution is -2.38. The quantitative estimate of drug-likeness (QED) is 0.626. The molecule has 2 aromatic carbocycles. The van der Waals surface area contributed by atoms with E-state index in [1.807, 2.05) is 59.5 Å². The Labute approximate surface area is 176 Å². The number of anilines is 1. The van der Waals surface area contributed by atoms with Crippen LogP contribution in [0.2, 0.25) is 0 Å². The predicted molar refractivity (Wildman–Crippen MR) is 114 cm³/mol. The van der Waals surface area contributed by atoms with Gasteiger partial charge in [0, 0.05) is 24.2 Å². The summed E-state index contributed by atoms with van der Waals surface area (Å²) in [5.74, 6) is 1.18. The highest BCUT2D eigenvalue weighted by molar-refractivity contribution is 5.85. The van der Waals surface area contributed by atoms with E-state index in [-0.39, 0.29) is 24.4 Å². The summed E-state index contributed by atoms with van der Waals surface area (Å²) in [4.78, 5) is 19.4. The molecule has 0 radical (unpaired) electrons. The number of nitrogens with two attached hydrogens (primary N) is 1. The zero-order valence-corrected chi connectivity index (χ0v) is 17.0. The van der Waals surface area contributed by atoms with E-state index in [9.17, 15) is 4.79 Å². The Bertz CT molecular complexity index is 945. The van der Waals surface area contributed by atoms with Crippen molar-refractivity contribution in [3.8, 4) is 11.4 Å². The van der Waals surface area contributed by atoms with E-state index in [1.165, 1.54) is 0 Å². The van der Waals surface area contributed by atoms with Gasteiger partial charge in [-0.15, -0.1) is 12.4 Å². The van der Waals surface area contributed by atoms with Crippen molar-refractivity contribution in [1.82, 2.24) is 15.0 Å². The van der Waals surface area contributed by atoms with Crippen molar-refractivity contribution < 1.29 is 9.32 Å². The van der Waals surface area contributed by atoms with Gasteiger partial charge in [0.1, 0.15) is 6.04 Å². The molecule has 3 aromatic rings. The third-order valence-electron chi connectivity index (χ3n) is 5.25. The zero-order chi connectivity index (χ0) is 19.3. The molecule has 4 rings (SSSR count). The number of amides is 1. The van der Waals surface area contributed by atoms with Gasteiger partial charge in [-0.2, -0.15) is 4.98 Å². The van der Waals surface area contributed by atoms with Crippen molar-refractivity contribution in [3.05, 3.63) is 66.1 Å². The lowest BCUT2D eigenvalue weighted by atomic mass is 10.0. The number of piperidine rings is 1. The molecular formula is C22H25ClN4O2. The van der Waals surface area contributed by atoms with Gasteiger partial charge < -0.3 is 15.2 Å². The van der Waals surface area contributed by atoms with Gasteiger partial charge in [0.15, 0.2) is 0 Å². The van der Waals surface area contributed by atoms with Crippen molar-refractivity contribution in [2.24, 2.45) is 0 Å². The molecule has 1 amide bonds. The second kappa shape index (κ2) is 9.56. The third-order valence-corrected chi connectivity index (χ3v) is 5.25. The minimum atomic E-state index is -0.153. The van der Waals surface area contributed by atoms with Gasteiger partial charge in [-0.3, -0.25) is 4.79 Å². The first-order chi connectivity index (χ1) is 13.7. The van der Waals surface area contributed by atoms with Crippen molar-refractivity contribution in [2.45, 2.75) is 38.1 Å². The van der Waals surface area contributed by atoms with Crippen LogP contribution in [0.3, 0.4) is 0 Å². The van der Waals surface area contributed by atoms with Crippen molar-refractivity contribution >= 4 is 24.0 Å². The molecule has 29 heavy (non-hydrogen) atoms. The lowest BCUT2D eigenvalue weighted by molar-refractivity contribution is -0.135. The Morgan fingerprint density at radius 2 is 1.86 bits per heavy atom. The van der Waals surface area contributed by atoms with Crippen LogP contribution in [0.4, 0.5) is 5.69 Å².